The molecule has 0 heterocycles. The largest absolute Gasteiger partial charge is 0.207 e. The molecule has 0 N–H and O–H groups in total. The third kappa shape index (κ3) is 2.08. The summed E-state index contributed by atoms with van der Waals surface area (Å²) in [6, 6.07) is 14.4. The minimum atomic E-state index is -0.156. The van der Waals surface area contributed by atoms with Gasteiger partial charge in [0.15, 0.2) is 0 Å². The Bertz CT molecular complexity index is 682. The van der Waals surface area contributed by atoms with E-state index in [0.29, 0.717) is 0 Å². The summed E-state index contributed by atoms with van der Waals surface area (Å²) in [5.74, 6) is 1.19. The maximum Gasteiger partial charge on any atom is 0.123 e. The molecular weight excluding hydrogens is 302 g/mol. The van der Waals surface area contributed by atoms with Crippen LogP contribution in [0.3, 0.4) is 0 Å². The van der Waals surface area contributed by atoms with Gasteiger partial charge in [0.1, 0.15) is 11.6 Å². The smallest absolute Gasteiger partial charge is 0.123 e. The number of hydrogen-bond donors (Lipinski definition) is 0. The minimum Gasteiger partial charge on any atom is -0.207 e. The molecule has 0 nitrogen and oxygen atoms in total. The summed E-state index contributed by atoms with van der Waals surface area (Å²) >= 11 is 0. The Labute approximate surface area is 141 Å². The molecule has 4 saturated carbocycles. The highest BCUT2D eigenvalue weighted by atomic mass is 19.1. The van der Waals surface area contributed by atoms with E-state index >= 15 is 0 Å². The summed E-state index contributed by atoms with van der Waals surface area (Å²) < 4.78 is 26.8. The topological polar surface area (TPSA) is 0 Å². The molecule has 4 aliphatic rings. The average Bonchev–Trinajstić information content (AvgIpc) is 2.54. The van der Waals surface area contributed by atoms with E-state index in [0.717, 1.165) is 18.3 Å². The van der Waals surface area contributed by atoms with Crippen LogP contribution in [0.1, 0.15) is 49.7 Å². The zero-order valence-corrected chi connectivity index (χ0v) is 13.8. The van der Waals surface area contributed by atoms with Gasteiger partial charge in [-0.05, 0) is 96.6 Å². The van der Waals surface area contributed by atoms with Gasteiger partial charge in [-0.3, -0.25) is 0 Å². The Hall–Kier alpha value is -1.70. The molecule has 0 aliphatic heterocycles. The van der Waals surface area contributed by atoms with Crippen molar-refractivity contribution in [2.75, 3.05) is 0 Å². The molecule has 0 spiro atoms. The number of halogens is 2. The molecule has 0 saturated heterocycles. The first kappa shape index (κ1) is 14.6. The van der Waals surface area contributed by atoms with Crippen molar-refractivity contribution >= 4 is 0 Å². The minimum absolute atomic E-state index is 0.156. The molecule has 124 valence electrons. The van der Waals surface area contributed by atoms with Crippen molar-refractivity contribution in [1.82, 2.24) is 0 Å². The normalized spacial score (nSPS) is 36.9. The van der Waals surface area contributed by atoms with Gasteiger partial charge in [-0.15, -0.1) is 0 Å². The Balaban J connectivity index is 1.59. The van der Waals surface area contributed by atoms with Gasteiger partial charge < -0.3 is 0 Å². The van der Waals surface area contributed by atoms with E-state index < -0.39 is 0 Å². The SMILES string of the molecule is Fc1ccc(C23CC4CC(C2)CC(c2ccc(F)cc2)(C4)C3)cc1. The second-order valence-electron chi connectivity index (χ2n) is 8.54. The standard InChI is InChI=1S/C22H22F2/c23-19-5-1-17(2-6-19)21-10-15-9-16(11-21)13-22(12-15,14-21)18-3-7-20(24)8-4-18/h1-8,15-16H,9-14H2. The van der Waals surface area contributed by atoms with E-state index in [1.807, 2.05) is 24.3 Å². The molecule has 4 aliphatic carbocycles. The van der Waals surface area contributed by atoms with Gasteiger partial charge in [-0.2, -0.15) is 0 Å². The van der Waals surface area contributed by atoms with E-state index in [9.17, 15) is 8.78 Å². The molecule has 4 bridgehead atoms. The summed E-state index contributed by atoms with van der Waals surface area (Å²) in [5.41, 5.74) is 2.99. The van der Waals surface area contributed by atoms with Crippen molar-refractivity contribution in [2.45, 2.75) is 49.4 Å². The highest BCUT2D eigenvalue weighted by Gasteiger charge is 2.58. The quantitative estimate of drug-likeness (QED) is 0.659. The van der Waals surface area contributed by atoms with Crippen molar-refractivity contribution in [3.8, 4) is 0 Å². The van der Waals surface area contributed by atoms with Crippen LogP contribution in [0.15, 0.2) is 48.5 Å². The predicted molar refractivity (Wildman–Crippen MR) is 90.8 cm³/mol. The fourth-order valence-corrected chi connectivity index (χ4v) is 6.54. The molecule has 0 amide bonds. The van der Waals surface area contributed by atoms with Gasteiger partial charge >= 0.3 is 0 Å². The van der Waals surface area contributed by atoms with Gasteiger partial charge in [0.2, 0.25) is 0 Å². The lowest BCUT2D eigenvalue weighted by Crippen LogP contribution is -2.55. The van der Waals surface area contributed by atoms with Gasteiger partial charge in [0.25, 0.3) is 0 Å². The Kier molecular flexibility index (Phi) is 2.99. The van der Waals surface area contributed by atoms with Crippen molar-refractivity contribution in [2.24, 2.45) is 11.8 Å². The Morgan fingerprint density at radius 3 is 1.38 bits per heavy atom. The fraction of sp³-hybridized carbons (Fsp3) is 0.455. The summed E-state index contributed by atoms with van der Waals surface area (Å²) in [6.45, 7) is 0. The van der Waals surface area contributed by atoms with Crippen LogP contribution in [-0.4, -0.2) is 0 Å². The maximum atomic E-state index is 13.4. The van der Waals surface area contributed by atoms with Crippen molar-refractivity contribution in [3.63, 3.8) is 0 Å². The van der Waals surface area contributed by atoms with Crippen LogP contribution in [0, 0.1) is 23.5 Å². The molecule has 2 aromatic carbocycles. The van der Waals surface area contributed by atoms with Crippen molar-refractivity contribution in [3.05, 3.63) is 71.3 Å². The fourth-order valence-electron chi connectivity index (χ4n) is 6.54. The van der Waals surface area contributed by atoms with Crippen LogP contribution in [-0.2, 0) is 10.8 Å². The Morgan fingerprint density at radius 2 is 1.00 bits per heavy atom. The second-order valence-corrected chi connectivity index (χ2v) is 8.54. The molecule has 0 radical (unpaired) electrons. The monoisotopic (exact) mass is 324 g/mol. The lowest BCUT2D eigenvalue weighted by Gasteiger charge is -2.62. The van der Waals surface area contributed by atoms with E-state index in [2.05, 4.69) is 0 Å². The summed E-state index contributed by atoms with van der Waals surface area (Å²) in [6.07, 6.45) is 7.41. The van der Waals surface area contributed by atoms with Gasteiger partial charge in [-0.25, -0.2) is 8.78 Å². The summed E-state index contributed by atoms with van der Waals surface area (Å²) in [4.78, 5) is 0. The van der Waals surface area contributed by atoms with Crippen molar-refractivity contribution in [1.29, 1.82) is 0 Å². The highest BCUT2D eigenvalue weighted by Crippen LogP contribution is 2.66. The van der Waals surface area contributed by atoms with Crippen LogP contribution < -0.4 is 0 Å². The maximum absolute atomic E-state index is 13.4. The van der Waals surface area contributed by atoms with Crippen LogP contribution in [0.5, 0.6) is 0 Å². The molecule has 2 aromatic rings. The van der Waals surface area contributed by atoms with Crippen LogP contribution in [0.25, 0.3) is 0 Å². The van der Waals surface area contributed by atoms with E-state index in [1.165, 1.54) is 43.2 Å². The molecular formula is C22H22F2. The molecule has 2 heteroatoms. The zero-order chi connectivity index (χ0) is 16.4. The van der Waals surface area contributed by atoms with Gasteiger partial charge in [0, 0.05) is 0 Å². The van der Waals surface area contributed by atoms with Crippen LogP contribution in [0.4, 0.5) is 8.78 Å². The lowest BCUT2D eigenvalue weighted by molar-refractivity contribution is -0.0281. The molecule has 0 aromatic heterocycles. The summed E-state index contributed by atoms with van der Waals surface area (Å²) in [7, 11) is 0. The predicted octanol–water partition coefficient (Wildman–Crippen LogP) is 5.75. The number of rotatable bonds is 2. The van der Waals surface area contributed by atoms with Gasteiger partial charge in [0.05, 0.1) is 0 Å². The first-order chi connectivity index (χ1) is 11.6. The van der Waals surface area contributed by atoms with E-state index in [1.54, 1.807) is 24.3 Å². The van der Waals surface area contributed by atoms with E-state index in [4.69, 9.17) is 0 Å². The first-order valence-electron chi connectivity index (χ1n) is 9.09. The molecule has 6 rings (SSSR count). The summed E-state index contributed by atoms with van der Waals surface area (Å²) in [5, 5.41) is 0. The molecule has 0 unspecified atom stereocenters. The molecule has 0 atom stereocenters. The third-order valence-corrected chi connectivity index (χ3v) is 6.97. The second kappa shape index (κ2) is 4.91. The lowest BCUT2D eigenvalue weighted by atomic mass is 9.42. The zero-order valence-electron chi connectivity index (χ0n) is 13.8. The Morgan fingerprint density at radius 1 is 0.625 bits per heavy atom. The average molecular weight is 324 g/mol. The molecule has 24 heavy (non-hydrogen) atoms. The first-order valence-corrected chi connectivity index (χ1v) is 9.09. The number of benzene rings is 2. The molecule has 4 fully saturated rings. The van der Waals surface area contributed by atoms with E-state index in [-0.39, 0.29) is 22.5 Å². The van der Waals surface area contributed by atoms with Gasteiger partial charge in [-0.1, -0.05) is 24.3 Å². The number of hydrogen-bond acceptors (Lipinski definition) is 0. The third-order valence-electron chi connectivity index (χ3n) is 6.97. The highest BCUT2D eigenvalue weighted by molar-refractivity contribution is 5.37. The van der Waals surface area contributed by atoms with Crippen LogP contribution in [0.2, 0.25) is 0 Å². The van der Waals surface area contributed by atoms with Crippen LogP contribution >= 0.6 is 0 Å². The van der Waals surface area contributed by atoms with Crippen molar-refractivity contribution < 1.29 is 8.78 Å².